The van der Waals surface area contributed by atoms with Gasteiger partial charge in [0.25, 0.3) is 0 Å². The van der Waals surface area contributed by atoms with Crippen LogP contribution in [-0.2, 0) is 30.8 Å². The highest BCUT2D eigenvalue weighted by atomic mass is 32.2. The minimum absolute atomic E-state index is 0.0148. The van der Waals surface area contributed by atoms with Crippen molar-refractivity contribution in [2.75, 3.05) is 26.2 Å². The first kappa shape index (κ1) is 24.2. The number of benzene rings is 1. The molecule has 2 heterocycles. The summed E-state index contributed by atoms with van der Waals surface area (Å²) in [5, 5.41) is 2.44. The van der Waals surface area contributed by atoms with Gasteiger partial charge in [0.15, 0.2) is 0 Å². The molecule has 9 nitrogen and oxygen atoms in total. The number of nitrogens with one attached hydrogen (secondary N) is 1. The molecule has 0 spiro atoms. The van der Waals surface area contributed by atoms with Gasteiger partial charge in [-0.05, 0) is 30.9 Å². The van der Waals surface area contributed by atoms with Gasteiger partial charge in [-0.1, -0.05) is 39.0 Å². The molecule has 3 rings (SSSR count). The van der Waals surface area contributed by atoms with E-state index in [4.69, 9.17) is 4.74 Å². The molecule has 2 amide bonds. The number of amides is 2. The van der Waals surface area contributed by atoms with Crippen molar-refractivity contribution < 1.29 is 27.5 Å². The lowest BCUT2D eigenvalue weighted by Gasteiger charge is -2.36. The molecule has 0 bridgehead atoms. The zero-order valence-corrected chi connectivity index (χ0v) is 19.6. The summed E-state index contributed by atoms with van der Waals surface area (Å²) in [5.41, 5.74) is 0.245. The second-order valence-corrected chi connectivity index (χ2v) is 11.2. The van der Waals surface area contributed by atoms with E-state index in [9.17, 15) is 22.8 Å². The van der Waals surface area contributed by atoms with Crippen LogP contribution in [0.25, 0.3) is 0 Å². The van der Waals surface area contributed by atoms with Crippen molar-refractivity contribution in [3.63, 3.8) is 0 Å². The molecule has 1 aromatic rings. The van der Waals surface area contributed by atoms with Crippen LogP contribution in [-0.4, -0.2) is 74.2 Å². The number of sulfonamides is 1. The molecule has 10 heteroatoms. The molecular formula is C22H31N3O6S. The zero-order valence-electron chi connectivity index (χ0n) is 18.7. The topological polar surface area (TPSA) is 113 Å². The molecule has 0 radical (unpaired) electrons. The third-order valence-electron chi connectivity index (χ3n) is 5.97. The molecule has 1 aromatic carbocycles. The van der Waals surface area contributed by atoms with E-state index in [0.717, 1.165) is 18.3 Å². The van der Waals surface area contributed by atoms with E-state index >= 15 is 0 Å². The summed E-state index contributed by atoms with van der Waals surface area (Å²) < 4.78 is 33.0. The minimum atomic E-state index is -3.69. The number of likely N-dealkylation sites (tertiary alicyclic amines) is 1. The lowest BCUT2D eigenvalue weighted by Crippen LogP contribution is -2.49. The van der Waals surface area contributed by atoms with Crippen LogP contribution in [0, 0.1) is 5.41 Å². The van der Waals surface area contributed by atoms with Crippen molar-refractivity contribution in [2.45, 2.75) is 57.1 Å². The third-order valence-corrected chi connectivity index (χ3v) is 7.93. The number of ether oxygens (including phenoxy) is 1. The molecule has 2 unspecified atom stereocenters. The van der Waals surface area contributed by atoms with Gasteiger partial charge in [0.1, 0.15) is 18.9 Å². The van der Waals surface area contributed by atoms with Crippen LogP contribution < -0.4 is 5.32 Å². The SMILES string of the molecule is CC(C)(C)C(CN1CCc2ccccc2S1(=O)=O)OC(=O)NCC(=O)N1CCCC1C=O. The Bertz CT molecular complexity index is 972. The van der Waals surface area contributed by atoms with E-state index in [-0.39, 0.29) is 23.9 Å². The van der Waals surface area contributed by atoms with Crippen molar-refractivity contribution in [1.82, 2.24) is 14.5 Å². The number of fused-ring (bicyclic) bond motifs is 1. The predicted octanol–water partition coefficient (Wildman–Crippen LogP) is 1.56. The van der Waals surface area contributed by atoms with Gasteiger partial charge in [-0.2, -0.15) is 4.31 Å². The Labute approximate surface area is 189 Å². The maximum Gasteiger partial charge on any atom is 0.407 e. The van der Waals surface area contributed by atoms with Crippen molar-refractivity contribution in [2.24, 2.45) is 5.41 Å². The van der Waals surface area contributed by atoms with Gasteiger partial charge in [-0.3, -0.25) is 4.79 Å². The molecule has 1 saturated heterocycles. The van der Waals surface area contributed by atoms with Crippen LogP contribution in [0.4, 0.5) is 4.79 Å². The fourth-order valence-electron chi connectivity index (χ4n) is 3.99. The molecule has 1 N–H and O–H groups in total. The molecule has 2 aliphatic heterocycles. The minimum Gasteiger partial charge on any atom is -0.444 e. The van der Waals surface area contributed by atoms with Crippen molar-refractivity contribution in [1.29, 1.82) is 0 Å². The second kappa shape index (κ2) is 9.58. The van der Waals surface area contributed by atoms with Gasteiger partial charge < -0.3 is 19.7 Å². The van der Waals surface area contributed by atoms with Crippen LogP contribution in [0.3, 0.4) is 0 Å². The van der Waals surface area contributed by atoms with Gasteiger partial charge in [-0.15, -0.1) is 0 Å². The van der Waals surface area contributed by atoms with E-state index in [2.05, 4.69) is 5.32 Å². The van der Waals surface area contributed by atoms with E-state index in [0.29, 0.717) is 25.9 Å². The maximum absolute atomic E-state index is 13.1. The van der Waals surface area contributed by atoms with Crippen LogP contribution in [0.15, 0.2) is 29.2 Å². The van der Waals surface area contributed by atoms with Gasteiger partial charge in [-0.25, -0.2) is 13.2 Å². The lowest BCUT2D eigenvalue weighted by molar-refractivity contribution is -0.133. The molecule has 2 atom stereocenters. The summed E-state index contributed by atoms with van der Waals surface area (Å²) in [6.45, 7) is 6.10. The Hall–Kier alpha value is -2.46. The number of rotatable bonds is 6. The molecule has 0 aromatic heterocycles. The summed E-state index contributed by atoms with van der Waals surface area (Å²) in [6, 6.07) is 6.46. The van der Waals surface area contributed by atoms with Crippen LogP contribution in [0.5, 0.6) is 0 Å². The highest BCUT2D eigenvalue weighted by Gasteiger charge is 2.38. The number of aldehydes is 1. The molecule has 0 saturated carbocycles. The number of carbonyl (C=O) groups excluding carboxylic acids is 3. The molecule has 32 heavy (non-hydrogen) atoms. The van der Waals surface area contributed by atoms with Gasteiger partial charge in [0.2, 0.25) is 15.9 Å². The smallest absolute Gasteiger partial charge is 0.407 e. The highest BCUT2D eigenvalue weighted by molar-refractivity contribution is 7.89. The molecule has 2 aliphatic rings. The van der Waals surface area contributed by atoms with Crippen LogP contribution in [0.1, 0.15) is 39.2 Å². The lowest BCUT2D eigenvalue weighted by atomic mass is 9.89. The third kappa shape index (κ3) is 5.29. The van der Waals surface area contributed by atoms with Crippen molar-refractivity contribution >= 4 is 28.3 Å². The first-order chi connectivity index (χ1) is 15.0. The summed E-state index contributed by atoms with van der Waals surface area (Å²) in [4.78, 5) is 37.6. The van der Waals surface area contributed by atoms with E-state index in [1.807, 2.05) is 32.9 Å². The number of carbonyl (C=O) groups is 3. The zero-order chi connectivity index (χ0) is 23.5. The van der Waals surface area contributed by atoms with Crippen molar-refractivity contribution in [3.8, 4) is 0 Å². The molecule has 1 fully saturated rings. The monoisotopic (exact) mass is 465 g/mol. The fourth-order valence-corrected chi connectivity index (χ4v) is 5.69. The normalized spacial score (nSPS) is 21.5. The average molecular weight is 466 g/mol. The summed E-state index contributed by atoms with van der Waals surface area (Å²) in [7, 11) is -3.69. The predicted molar refractivity (Wildman–Crippen MR) is 117 cm³/mol. The molecule has 0 aliphatic carbocycles. The first-order valence-corrected chi connectivity index (χ1v) is 12.3. The molecular weight excluding hydrogens is 434 g/mol. The number of hydrogen-bond acceptors (Lipinski definition) is 6. The van der Waals surface area contributed by atoms with Gasteiger partial charge in [0, 0.05) is 18.5 Å². The molecule has 176 valence electrons. The average Bonchev–Trinajstić information content (AvgIpc) is 3.22. The first-order valence-electron chi connectivity index (χ1n) is 10.8. The number of nitrogens with zero attached hydrogens (tertiary/aromatic N) is 2. The van der Waals surface area contributed by atoms with E-state index in [1.54, 1.807) is 12.1 Å². The number of alkyl carbamates (subject to hydrolysis) is 1. The number of hydrogen-bond donors (Lipinski definition) is 1. The van der Waals surface area contributed by atoms with Crippen molar-refractivity contribution in [3.05, 3.63) is 29.8 Å². The van der Waals surface area contributed by atoms with Crippen LogP contribution >= 0.6 is 0 Å². The standard InChI is InChI=1S/C22H31N3O6S/c1-22(2,3)19(14-24-12-10-16-7-4-5-9-18(16)32(24,29)30)31-21(28)23-13-20(27)25-11-6-8-17(25)15-26/h4-5,7,9,15,17,19H,6,8,10-14H2,1-3H3,(H,23,28). The van der Waals surface area contributed by atoms with Gasteiger partial charge in [0.05, 0.1) is 17.5 Å². The second-order valence-electron chi connectivity index (χ2n) is 9.27. The fraction of sp³-hybridized carbons (Fsp3) is 0.591. The maximum atomic E-state index is 13.1. The van der Waals surface area contributed by atoms with Gasteiger partial charge >= 0.3 is 6.09 Å². The summed E-state index contributed by atoms with van der Waals surface area (Å²) in [5.74, 6) is -0.348. The Morgan fingerprint density at radius 1 is 1.25 bits per heavy atom. The summed E-state index contributed by atoms with van der Waals surface area (Å²) in [6.07, 6.45) is 1.18. The van der Waals surface area contributed by atoms with E-state index < -0.39 is 33.7 Å². The Morgan fingerprint density at radius 3 is 2.66 bits per heavy atom. The quantitative estimate of drug-likeness (QED) is 0.638. The Morgan fingerprint density at radius 2 is 1.97 bits per heavy atom. The Kier molecular flexibility index (Phi) is 7.24. The Balaban J connectivity index is 1.63. The van der Waals surface area contributed by atoms with E-state index in [1.165, 1.54) is 9.21 Å². The summed E-state index contributed by atoms with van der Waals surface area (Å²) >= 11 is 0. The highest BCUT2D eigenvalue weighted by Crippen LogP contribution is 2.30. The largest absolute Gasteiger partial charge is 0.444 e. The van der Waals surface area contributed by atoms with Crippen LogP contribution in [0.2, 0.25) is 0 Å².